The average molecular weight is 241 g/mol. The monoisotopic (exact) mass is 241 g/mol. The molecule has 0 aliphatic rings. The Morgan fingerprint density at radius 2 is 2.12 bits per heavy atom. The van der Waals surface area contributed by atoms with Crippen molar-refractivity contribution >= 4 is 15.7 Å². The predicted octanol–water partition coefficient (Wildman–Crippen LogP) is 0.308. The topological polar surface area (TPSA) is 127 Å². The minimum atomic E-state index is -3.98. The molecule has 8 heteroatoms. The summed E-state index contributed by atoms with van der Waals surface area (Å²) < 4.78 is 21.9. The van der Waals surface area contributed by atoms with Crippen molar-refractivity contribution in [3.63, 3.8) is 0 Å². The number of hydrogen-bond acceptors (Lipinski definition) is 5. The Labute approximate surface area is 91.3 Å². The van der Waals surface area contributed by atoms with E-state index in [0.717, 1.165) is 12.1 Å². The molecule has 0 aliphatic heterocycles. The van der Waals surface area contributed by atoms with Crippen molar-refractivity contribution in [3.05, 3.63) is 33.9 Å². The normalized spacial score (nSPS) is 10.8. The summed E-state index contributed by atoms with van der Waals surface area (Å²) in [6.45, 7) is 0. The van der Waals surface area contributed by atoms with Crippen molar-refractivity contribution in [2.75, 3.05) is 0 Å². The number of nitro groups is 1. The number of primary sulfonamides is 1. The molecule has 0 saturated carbocycles. The maximum Gasteiger partial charge on any atom is 0.274 e. The van der Waals surface area contributed by atoms with E-state index in [9.17, 15) is 18.5 Å². The fourth-order valence-corrected chi connectivity index (χ4v) is 1.66. The van der Waals surface area contributed by atoms with E-state index >= 15 is 0 Å². The number of nitrogens with zero attached hydrogens (tertiary/aromatic N) is 2. The van der Waals surface area contributed by atoms with Crippen LogP contribution in [0.4, 0.5) is 5.69 Å². The molecule has 0 aromatic heterocycles. The lowest BCUT2D eigenvalue weighted by Gasteiger charge is -2.01. The zero-order valence-corrected chi connectivity index (χ0v) is 8.77. The van der Waals surface area contributed by atoms with Gasteiger partial charge in [0.05, 0.1) is 22.3 Å². The molecule has 0 bridgehead atoms. The lowest BCUT2D eigenvalue weighted by Crippen LogP contribution is -2.12. The zero-order chi connectivity index (χ0) is 12.3. The van der Waals surface area contributed by atoms with Crippen LogP contribution in [0.2, 0.25) is 0 Å². The Balaban J connectivity index is 3.41. The van der Waals surface area contributed by atoms with Gasteiger partial charge in [-0.2, -0.15) is 5.26 Å². The maximum atomic E-state index is 11.0. The number of benzene rings is 1. The quantitative estimate of drug-likeness (QED) is 0.601. The van der Waals surface area contributed by atoms with Gasteiger partial charge in [0.15, 0.2) is 0 Å². The van der Waals surface area contributed by atoms with E-state index in [1.807, 2.05) is 0 Å². The molecule has 0 radical (unpaired) electrons. The molecule has 0 saturated heterocycles. The summed E-state index contributed by atoms with van der Waals surface area (Å²) in [5.41, 5.74) is -0.270. The highest BCUT2D eigenvalue weighted by Gasteiger charge is 2.18. The number of nitrogens with two attached hydrogens (primary N) is 1. The summed E-state index contributed by atoms with van der Waals surface area (Å²) in [6.07, 6.45) is -0.165. The fraction of sp³-hybridized carbons (Fsp3) is 0.125. The fourth-order valence-electron chi connectivity index (χ4n) is 1.13. The summed E-state index contributed by atoms with van der Waals surface area (Å²) in [5, 5.41) is 23.9. The molecule has 0 amide bonds. The van der Waals surface area contributed by atoms with E-state index in [1.54, 1.807) is 6.07 Å². The van der Waals surface area contributed by atoms with Crippen LogP contribution in [0.3, 0.4) is 0 Å². The molecule has 2 N–H and O–H groups in total. The van der Waals surface area contributed by atoms with E-state index in [0.29, 0.717) is 0 Å². The smallest absolute Gasteiger partial charge is 0.258 e. The molecule has 0 heterocycles. The first-order valence-electron chi connectivity index (χ1n) is 4.03. The Kier molecular flexibility index (Phi) is 3.22. The Bertz CT molecular complexity index is 573. The maximum absolute atomic E-state index is 11.0. The number of nitro benzene ring substituents is 1. The van der Waals surface area contributed by atoms with Gasteiger partial charge in [0.25, 0.3) is 5.69 Å². The molecule has 1 aromatic carbocycles. The van der Waals surface area contributed by atoms with Crippen molar-refractivity contribution in [2.45, 2.75) is 11.3 Å². The van der Waals surface area contributed by atoms with Gasteiger partial charge in [0.1, 0.15) is 0 Å². The first-order valence-corrected chi connectivity index (χ1v) is 5.58. The van der Waals surface area contributed by atoms with Gasteiger partial charge >= 0.3 is 0 Å². The highest BCUT2D eigenvalue weighted by Crippen LogP contribution is 2.22. The number of nitriles is 1. The van der Waals surface area contributed by atoms with Gasteiger partial charge in [0.2, 0.25) is 10.0 Å². The second-order valence-corrected chi connectivity index (χ2v) is 4.49. The lowest BCUT2D eigenvalue weighted by molar-refractivity contribution is -0.385. The van der Waals surface area contributed by atoms with E-state index in [-0.39, 0.29) is 16.9 Å². The molecule has 7 nitrogen and oxygen atoms in total. The number of hydrogen-bond donors (Lipinski definition) is 1. The minimum Gasteiger partial charge on any atom is -0.258 e. The summed E-state index contributed by atoms with van der Waals surface area (Å²) in [6, 6.07) is 4.94. The molecule has 1 aromatic rings. The third-order valence-electron chi connectivity index (χ3n) is 1.85. The largest absolute Gasteiger partial charge is 0.274 e. The third-order valence-corrected chi connectivity index (χ3v) is 2.76. The molecule has 16 heavy (non-hydrogen) atoms. The molecular formula is C8H7N3O4S. The molecule has 1 rings (SSSR count). The lowest BCUT2D eigenvalue weighted by atomic mass is 10.1. The number of sulfonamides is 1. The molecule has 0 atom stereocenters. The van der Waals surface area contributed by atoms with Gasteiger partial charge in [-0.3, -0.25) is 10.1 Å². The van der Waals surface area contributed by atoms with Crippen LogP contribution in [0.15, 0.2) is 23.1 Å². The standard InChI is InChI=1S/C8H7N3O4S/c9-4-3-6-1-2-7(16(10,14)15)5-8(6)11(12)13/h1-2,5H,3H2,(H2,10,14,15). The summed E-state index contributed by atoms with van der Waals surface area (Å²) >= 11 is 0. The molecule has 84 valence electrons. The van der Waals surface area contributed by atoms with E-state index < -0.39 is 20.6 Å². The van der Waals surface area contributed by atoms with Crippen molar-refractivity contribution in [3.8, 4) is 6.07 Å². The second-order valence-electron chi connectivity index (χ2n) is 2.93. The van der Waals surface area contributed by atoms with Crippen LogP contribution < -0.4 is 5.14 Å². The van der Waals surface area contributed by atoms with Crippen LogP contribution in [0.1, 0.15) is 5.56 Å². The van der Waals surface area contributed by atoms with Crippen LogP contribution in [0.25, 0.3) is 0 Å². The Morgan fingerprint density at radius 1 is 1.50 bits per heavy atom. The van der Waals surface area contributed by atoms with Gasteiger partial charge in [-0.1, -0.05) is 0 Å². The third kappa shape index (κ3) is 2.53. The first-order chi connectivity index (χ1) is 7.36. The van der Waals surface area contributed by atoms with Crippen LogP contribution >= 0.6 is 0 Å². The van der Waals surface area contributed by atoms with Gasteiger partial charge < -0.3 is 0 Å². The van der Waals surface area contributed by atoms with Gasteiger partial charge in [-0.15, -0.1) is 0 Å². The second kappa shape index (κ2) is 4.26. The Hall–Kier alpha value is -1.98. The molecule has 0 spiro atoms. The van der Waals surface area contributed by atoms with E-state index in [1.165, 1.54) is 6.07 Å². The van der Waals surface area contributed by atoms with Crippen LogP contribution in [-0.4, -0.2) is 13.3 Å². The van der Waals surface area contributed by atoms with Crippen LogP contribution in [-0.2, 0) is 16.4 Å². The van der Waals surface area contributed by atoms with Crippen molar-refractivity contribution in [1.29, 1.82) is 5.26 Å². The summed E-state index contributed by atoms with van der Waals surface area (Å²) in [7, 11) is -3.98. The molecule has 0 aliphatic carbocycles. The molecule has 0 unspecified atom stereocenters. The van der Waals surface area contributed by atoms with Crippen LogP contribution in [0.5, 0.6) is 0 Å². The predicted molar refractivity (Wildman–Crippen MR) is 53.8 cm³/mol. The summed E-state index contributed by atoms with van der Waals surface area (Å²) in [5.74, 6) is 0. The van der Waals surface area contributed by atoms with E-state index in [4.69, 9.17) is 10.4 Å². The number of rotatable bonds is 3. The Morgan fingerprint density at radius 3 is 2.56 bits per heavy atom. The first kappa shape index (κ1) is 12.1. The van der Waals surface area contributed by atoms with Crippen LogP contribution in [0, 0.1) is 21.4 Å². The highest BCUT2D eigenvalue weighted by atomic mass is 32.2. The molecular weight excluding hydrogens is 234 g/mol. The average Bonchev–Trinajstić information content (AvgIpc) is 2.16. The zero-order valence-electron chi connectivity index (χ0n) is 7.95. The van der Waals surface area contributed by atoms with Gasteiger partial charge in [-0.25, -0.2) is 13.6 Å². The van der Waals surface area contributed by atoms with Crippen molar-refractivity contribution in [1.82, 2.24) is 0 Å². The highest BCUT2D eigenvalue weighted by molar-refractivity contribution is 7.89. The SMILES string of the molecule is N#CCc1ccc(S(N)(=O)=O)cc1[N+](=O)[O-]. The molecule has 0 fully saturated rings. The minimum absolute atomic E-state index is 0.153. The van der Waals surface area contributed by atoms with E-state index in [2.05, 4.69) is 0 Å². The van der Waals surface area contributed by atoms with Crippen molar-refractivity contribution < 1.29 is 13.3 Å². The summed E-state index contributed by atoms with van der Waals surface area (Å²) in [4.78, 5) is 9.54. The van der Waals surface area contributed by atoms with Crippen molar-refractivity contribution in [2.24, 2.45) is 5.14 Å². The van der Waals surface area contributed by atoms with Gasteiger partial charge in [0, 0.05) is 11.6 Å². The van der Waals surface area contributed by atoms with Gasteiger partial charge in [-0.05, 0) is 12.1 Å².